The van der Waals surface area contributed by atoms with Crippen molar-refractivity contribution in [3.05, 3.63) is 64.7 Å². The van der Waals surface area contributed by atoms with E-state index in [2.05, 4.69) is 10.4 Å². The van der Waals surface area contributed by atoms with Crippen molar-refractivity contribution < 1.29 is 4.39 Å². The van der Waals surface area contributed by atoms with E-state index in [-0.39, 0.29) is 11.9 Å². The largest absolute Gasteiger partial charge is 0.271 e. The summed E-state index contributed by atoms with van der Waals surface area (Å²) in [7, 11) is 0. The first kappa shape index (κ1) is 13.6. The lowest BCUT2D eigenvalue weighted by molar-refractivity contribution is 0.545. The number of pyridine rings is 1. The van der Waals surface area contributed by atoms with Gasteiger partial charge < -0.3 is 0 Å². The summed E-state index contributed by atoms with van der Waals surface area (Å²) in [5.74, 6) is 5.38. The molecule has 3 N–H and O–H groups in total. The summed E-state index contributed by atoms with van der Waals surface area (Å²) in [6.45, 7) is 3.90. The molecule has 0 bridgehead atoms. The van der Waals surface area contributed by atoms with Gasteiger partial charge in [0.05, 0.1) is 6.04 Å². The summed E-state index contributed by atoms with van der Waals surface area (Å²) in [4.78, 5) is 4.26. The molecule has 0 amide bonds. The molecule has 3 nitrogen and oxygen atoms in total. The molecule has 0 radical (unpaired) electrons. The van der Waals surface area contributed by atoms with Crippen molar-refractivity contribution in [1.82, 2.24) is 10.4 Å². The van der Waals surface area contributed by atoms with Crippen LogP contribution >= 0.6 is 0 Å². The van der Waals surface area contributed by atoms with Gasteiger partial charge in [-0.2, -0.15) is 0 Å². The van der Waals surface area contributed by atoms with Crippen LogP contribution in [0.25, 0.3) is 0 Å². The number of rotatable bonds is 4. The Bertz CT molecular complexity index is 552. The summed E-state index contributed by atoms with van der Waals surface area (Å²) in [6.07, 6.45) is 2.43. The summed E-state index contributed by atoms with van der Waals surface area (Å²) < 4.78 is 13.3. The third-order valence-corrected chi connectivity index (χ3v) is 3.27. The number of aryl methyl sites for hydroxylation is 2. The fourth-order valence-electron chi connectivity index (χ4n) is 2.04. The molecule has 4 heteroatoms. The van der Waals surface area contributed by atoms with Crippen molar-refractivity contribution in [2.75, 3.05) is 0 Å². The summed E-state index contributed by atoms with van der Waals surface area (Å²) in [5.41, 5.74) is 6.73. The Labute approximate surface area is 112 Å². The predicted octanol–water partition coefficient (Wildman–Crippen LogP) is 2.58. The number of hydrazine groups is 1. The van der Waals surface area contributed by atoms with Gasteiger partial charge in [-0.1, -0.05) is 12.1 Å². The van der Waals surface area contributed by atoms with Crippen LogP contribution in [-0.4, -0.2) is 4.98 Å². The van der Waals surface area contributed by atoms with Crippen molar-refractivity contribution in [2.45, 2.75) is 26.3 Å². The van der Waals surface area contributed by atoms with Gasteiger partial charge in [0, 0.05) is 11.9 Å². The van der Waals surface area contributed by atoms with Crippen LogP contribution in [0.5, 0.6) is 0 Å². The fourth-order valence-corrected chi connectivity index (χ4v) is 2.04. The molecular formula is C15H18FN3. The zero-order valence-electron chi connectivity index (χ0n) is 11.2. The molecule has 0 aliphatic heterocycles. The van der Waals surface area contributed by atoms with Crippen LogP contribution in [0, 0.1) is 19.7 Å². The minimum absolute atomic E-state index is 0.0754. The average molecular weight is 259 g/mol. The molecule has 19 heavy (non-hydrogen) atoms. The van der Waals surface area contributed by atoms with Gasteiger partial charge >= 0.3 is 0 Å². The third-order valence-electron chi connectivity index (χ3n) is 3.27. The van der Waals surface area contributed by atoms with Gasteiger partial charge in [-0.3, -0.25) is 16.3 Å². The van der Waals surface area contributed by atoms with Crippen LogP contribution in [0.15, 0.2) is 36.5 Å². The Morgan fingerprint density at radius 2 is 2.05 bits per heavy atom. The maximum atomic E-state index is 13.3. The predicted molar refractivity (Wildman–Crippen MR) is 73.9 cm³/mol. The summed E-state index contributed by atoms with van der Waals surface area (Å²) in [5, 5.41) is 0. The van der Waals surface area contributed by atoms with Crippen molar-refractivity contribution in [3.63, 3.8) is 0 Å². The molecule has 0 saturated heterocycles. The number of benzene rings is 1. The normalized spacial score (nSPS) is 12.4. The number of hydrogen-bond acceptors (Lipinski definition) is 3. The first-order valence-corrected chi connectivity index (χ1v) is 6.24. The Balaban J connectivity index is 2.23. The smallest absolute Gasteiger partial charge is 0.123 e. The van der Waals surface area contributed by atoms with Crippen molar-refractivity contribution in [1.29, 1.82) is 0 Å². The second kappa shape index (κ2) is 5.91. The first-order valence-electron chi connectivity index (χ1n) is 6.24. The van der Waals surface area contributed by atoms with E-state index in [0.29, 0.717) is 6.42 Å². The third kappa shape index (κ3) is 3.36. The van der Waals surface area contributed by atoms with Crippen LogP contribution in [0.2, 0.25) is 0 Å². The maximum Gasteiger partial charge on any atom is 0.123 e. The lowest BCUT2D eigenvalue weighted by Crippen LogP contribution is -2.29. The standard InChI is InChI=1S/C15H18FN3/c1-10-3-6-14(16)7-13(10)8-15(19-17)12-5-4-11(2)18-9-12/h3-7,9,15,19H,8,17H2,1-2H3. The van der Waals surface area contributed by atoms with Gasteiger partial charge in [0.15, 0.2) is 0 Å². The lowest BCUT2D eigenvalue weighted by Gasteiger charge is -2.17. The monoisotopic (exact) mass is 259 g/mol. The minimum Gasteiger partial charge on any atom is -0.271 e. The highest BCUT2D eigenvalue weighted by molar-refractivity contribution is 5.29. The van der Waals surface area contributed by atoms with Crippen molar-refractivity contribution in [2.24, 2.45) is 5.84 Å². The second-order valence-corrected chi connectivity index (χ2v) is 4.73. The summed E-state index contributed by atoms with van der Waals surface area (Å²) in [6, 6.07) is 8.66. The van der Waals surface area contributed by atoms with Crippen LogP contribution < -0.4 is 11.3 Å². The van der Waals surface area contributed by atoms with Gasteiger partial charge in [-0.25, -0.2) is 4.39 Å². The van der Waals surface area contributed by atoms with E-state index in [1.165, 1.54) is 6.07 Å². The van der Waals surface area contributed by atoms with Gasteiger partial charge in [-0.15, -0.1) is 0 Å². The summed E-state index contributed by atoms with van der Waals surface area (Å²) >= 11 is 0. The van der Waals surface area contributed by atoms with Crippen LogP contribution in [-0.2, 0) is 6.42 Å². The van der Waals surface area contributed by atoms with Crippen LogP contribution in [0.3, 0.4) is 0 Å². The van der Waals surface area contributed by atoms with E-state index >= 15 is 0 Å². The van der Waals surface area contributed by atoms with Gasteiger partial charge in [0.25, 0.3) is 0 Å². The minimum atomic E-state index is -0.224. The molecule has 0 aliphatic rings. The van der Waals surface area contributed by atoms with Gasteiger partial charge in [0.2, 0.25) is 0 Å². The Kier molecular flexibility index (Phi) is 4.24. The zero-order chi connectivity index (χ0) is 13.8. The number of nitrogens with one attached hydrogen (secondary N) is 1. The molecule has 100 valence electrons. The molecular weight excluding hydrogens is 241 g/mol. The molecule has 2 rings (SSSR count). The topological polar surface area (TPSA) is 50.9 Å². The molecule has 0 saturated carbocycles. The van der Waals surface area contributed by atoms with E-state index < -0.39 is 0 Å². The SMILES string of the molecule is Cc1ccc(C(Cc2cc(F)ccc2C)NN)cn1. The number of aromatic nitrogens is 1. The van der Waals surface area contributed by atoms with E-state index in [1.807, 2.05) is 26.0 Å². The fraction of sp³-hybridized carbons (Fsp3) is 0.267. The van der Waals surface area contributed by atoms with E-state index in [9.17, 15) is 4.39 Å². The number of nitrogens with two attached hydrogens (primary N) is 1. The van der Waals surface area contributed by atoms with Crippen molar-refractivity contribution >= 4 is 0 Å². The molecule has 0 aliphatic carbocycles. The zero-order valence-corrected chi connectivity index (χ0v) is 11.2. The lowest BCUT2D eigenvalue weighted by atomic mass is 9.97. The molecule has 1 heterocycles. The Hall–Kier alpha value is -1.78. The highest BCUT2D eigenvalue weighted by Gasteiger charge is 2.12. The average Bonchev–Trinajstić information content (AvgIpc) is 2.41. The van der Waals surface area contributed by atoms with Crippen LogP contribution in [0.1, 0.15) is 28.4 Å². The molecule has 1 aromatic heterocycles. The molecule has 0 spiro atoms. The quantitative estimate of drug-likeness (QED) is 0.655. The van der Waals surface area contributed by atoms with Crippen LogP contribution in [0.4, 0.5) is 4.39 Å². The Morgan fingerprint density at radius 3 is 2.68 bits per heavy atom. The van der Waals surface area contributed by atoms with Crippen molar-refractivity contribution in [3.8, 4) is 0 Å². The van der Waals surface area contributed by atoms with Gasteiger partial charge in [-0.05, 0) is 55.2 Å². The molecule has 2 aromatic rings. The van der Waals surface area contributed by atoms with E-state index in [0.717, 1.165) is 22.4 Å². The number of nitrogens with zero attached hydrogens (tertiary/aromatic N) is 1. The van der Waals surface area contributed by atoms with Gasteiger partial charge in [0.1, 0.15) is 5.82 Å². The molecule has 1 aromatic carbocycles. The molecule has 0 fully saturated rings. The number of halogens is 1. The number of hydrogen-bond donors (Lipinski definition) is 2. The molecule has 1 atom stereocenters. The molecule has 1 unspecified atom stereocenters. The highest BCUT2D eigenvalue weighted by Crippen LogP contribution is 2.20. The second-order valence-electron chi connectivity index (χ2n) is 4.73. The van der Waals surface area contributed by atoms with E-state index in [1.54, 1.807) is 18.3 Å². The highest BCUT2D eigenvalue weighted by atomic mass is 19.1. The first-order chi connectivity index (χ1) is 9.10. The van der Waals surface area contributed by atoms with E-state index in [4.69, 9.17) is 5.84 Å². The Morgan fingerprint density at radius 1 is 1.26 bits per heavy atom. The maximum absolute atomic E-state index is 13.3.